The third kappa shape index (κ3) is 6.42. The van der Waals surface area contributed by atoms with Crippen molar-refractivity contribution in [2.24, 2.45) is 0 Å². The van der Waals surface area contributed by atoms with E-state index in [0.717, 1.165) is 19.4 Å². The summed E-state index contributed by atoms with van der Waals surface area (Å²) in [5.74, 6) is 0. The Balaban J connectivity index is 2.17. The lowest BCUT2D eigenvalue weighted by Gasteiger charge is -2.38. The van der Waals surface area contributed by atoms with Crippen molar-refractivity contribution in [3.8, 4) is 0 Å². The second kappa shape index (κ2) is 9.45. The fourth-order valence-corrected chi connectivity index (χ4v) is 3.69. The van der Waals surface area contributed by atoms with Gasteiger partial charge in [0.15, 0.2) is 8.32 Å². The first kappa shape index (κ1) is 21.5. The van der Waals surface area contributed by atoms with E-state index in [-0.39, 0.29) is 11.1 Å². The molecule has 0 spiro atoms. The molecule has 3 nitrogen and oxygen atoms in total. The normalized spacial score (nSPS) is 13.6. The molecule has 0 aliphatic carbocycles. The number of benzene rings is 2. The molecule has 0 unspecified atom stereocenters. The molecule has 0 aliphatic heterocycles. The second-order valence-corrected chi connectivity index (χ2v) is 13.5. The summed E-state index contributed by atoms with van der Waals surface area (Å²) in [5, 5.41) is 0.129. The molecule has 0 N–H and O–H groups in total. The maximum absolute atomic E-state index is 12.0. The molecule has 2 aromatic rings. The van der Waals surface area contributed by atoms with Crippen molar-refractivity contribution in [3.05, 3.63) is 71.8 Å². The van der Waals surface area contributed by atoms with Crippen LogP contribution in [0.5, 0.6) is 0 Å². The van der Waals surface area contributed by atoms with Gasteiger partial charge in [-0.25, -0.2) is 0 Å². The number of hydrogen-bond donors (Lipinski definition) is 0. The molecule has 27 heavy (non-hydrogen) atoms. The van der Waals surface area contributed by atoms with E-state index in [9.17, 15) is 4.79 Å². The van der Waals surface area contributed by atoms with Gasteiger partial charge < -0.3 is 9.22 Å². The Labute approximate surface area is 165 Å². The van der Waals surface area contributed by atoms with Gasteiger partial charge in [-0.2, -0.15) is 0 Å². The van der Waals surface area contributed by atoms with E-state index in [1.165, 1.54) is 11.1 Å². The lowest BCUT2D eigenvalue weighted by atomic mass is 10.1. The molecule has 0 radical (unpaired) electrons. The zero-order chi connectivity index (χ0) is 19.9. The van der Waals surface area contributed by atoms with E-state index in [1.54, 1.807) is 0 Å². The van der Waals surface area contributed by atoms with Crippen LogP contribution >= 0.6 is 0 Å². The molecule has 0 bridgehead atoms. The third-order valence-corrected chi connectivity index (χ3v) is 10.0. The van der Waals surface area contributed by atoms with Crippen molar-refractivity contribution < 1.29 is 9.22 Å². The average molecular weight is 384 g/mol. The molecule has 0 heterocycles. The molecule has 2 rings (SSSR count). The highest BCUT2D eigenvalue weighted by Crippen LogP contribution is 2.36. The van der Waals surface area contributed by atoms with Crippen LogP contribution in [0.3, 0.4) is 0 Å². The quantitative estimate of drug-likeness (QED) is 0.436. The van der Waals surface area contributed by atoms with Crippen LogP contribution in [-0.4, -0.2) is 32.2 Å². The van der Waals surface area contributed by atoms with Crippen LogP contribution in [0.15, 0.2) is 60.7 Å². The fourth-order valence-electron chi connectivity index (χ4n) is 2.67. The summed E-state index contributed by atoms with van der Waals surface area (Å²) in [6, 6.07) is 20.4. The first-order chi connectivity index (χ1) is 12.7. The molecule has 0 aromatic heterocycles. The highest BCUT2D eigenvalue weighted by molar-refractivity contribution is 6.74. The van der Waals surface area contributed by atoms with E-state index >= 15 is 0 Å². The van der Waals surface area contributed by atoms with Crippen LogP contribution in [0.1, 0.15) is 31.9 Å². The van der Waals surface area contributed by atoms with E-state index in [0.29, 0.717) is 6.61 Å². The predicted molar refractivity (Wildman–Crippen MR) is 115 cm³/mol. The molecule has 0 aliphatic rings. The molecular weight excluding hydrogens is 350 g/mol. The topological polar surface area (TPSA) is 29.5 Å². The predicted octanol–water partition coefficient (Wildman–Crippen LogP) is 5.28. The van der Waals surface area contributed by atoms with Gasteiger partial charge in [-0.05, 0) is 29.3 Å². The monoisotopic (exact) mass is 383 g/mol. The van der Waals surface area contributed by atoms with E-state index in [1.807, 2.05) is 36.4 Å². The maximum atomic E-state index is 12.0. The zero-order valence-electron chi connectivity index (χ0n) is 17.3. The molecule has 1 atom stereocenters. The second-order valence-electron chi connectivity index (χ2n) is 8.65. The molecule has 0 fully saturated rings. The summed E-state index contributed by atoms with van der Waals surface area (Å²) in [6.45, 7) is 13.0. The van der Waals surface area contributed by atoms with Gasteiger partial charge in [0.25, 0.3) is 0 Å². The van der Waals surface area contributed by atoms with Gasteiger partial charge in [-0.15, -0.1) is 0 Å². The molecule has 4 heteroatoms. The molecule has 2 aromatic carbocycles. The number of aldehydes is 1. The van der Waals surface area contributed by atoms with Gasteiger partial charge in [0, 0.05) is 13.1 Å². The van der Waals surface area contributed by atoms with Crippen molar-refractivity contribution in [2.75, 3.05) is 6.61 Å². The summed E-state index contributed by atoms with van der Waals surface area (Å²) in [7, 11) is -1.90. The van der Waals surface area contributed by atoms with Crippen LogP contribution in [0.4, 0.5) is 0 Å². The smallest absolute Gasteiger partial charge is 0.192 e. The van der Waals surface area contributed by atoms with Crippen LogP contribution in [0.2, 0.25) is 18.1 Å². The van der Waals surface area contributed by atoms with Crippen molar-refractivity contribution in [3.63, 3.8) is 0 Å². The summed E-state index contributed by atoms with van der Waals surface area (Å²) < 4.78 is 6.37. The van der Waals surface area contributed by atoms with Gasteiger partial charge in [0.1, 0.15) is 6.29 Å². The minimum atomic E-state index is -1.90. The first-order valence-electron chi connectivity index (χ1n) is 9.64. The van der Waals surface area contributed by atoms with Crippen LogP contribution in [0.25, 0.3) is 0 Å². The minimum absolute atomic E-state index is 0.129. The van der Waals surface area contributed by atoms with Crippen LogP contribution in [0, 0.1) is 0 Å². The number of carbonyl (C=O) groups excluding carboxylic acids is 1. The number of rotatable bonds is 9. The standard InChI is InChI=1S/C23H33NO2Si/c1-23(2,3)27(4,5)26-19-22(18-25)24(16-20-12-8-6-9-13-20)17-21-14-10-7-11-15-21/h6-15,18,22H,16-17,19H2,1-5H3/t22-/m1/s1. The van der Waals surface area contributed by atoms with Gasteiger partial charge >= 0.3 is 0 Å². The zero-order valence-corrected chi connectivity index (χ0v) is 18.3. The summed E-state index contributed by atoms with van der Waals surface area (Å²) in [5.41, 5.74) is 2.40. The summed E-state index contributed by atoms with van der Waals surface area (Å²) >= 11 is 0. The largest absolute Gasteiger partial charge is 0.415 e. The molecule has 0 amide bonds. The SMILES string of the molecule is CC(C)(C)[Si](C)(C)OC[C@@H](C=O)N(Cc1ccccc1)Cc1ccccc1. The molecular formula is C23H33NO2Si. The van der Waals surface area contributed by atoms with Crippen molar-refractivity contribution in [2.45, 2.75) is 58.0 Å². The lowest BCUT2D eigenvalue weighted by Crippen LogP contribution is -2.46. The molecule has 0 saturated carbocycles. The summed E-state index contributed by atoms with van der Waals surface area (Å²) in [4.78, 5) is 14.2. The van der Waals surface area contributed by atoms with Crippen LogP contribution < -0.4 is 0 Å². The first-order valence-corrected chi connectivity index (χ1v) is 12.5. The average Bonchev–Trinajstić information content (AvgIpc) is 2.63. The van der Waals surface area contributed by atoms with Gasteiger partial charge in [-0.3, -0.25) is 4.90 Å². The minimum Gasteiger partial charge on any atom is -0.415 e. The Kier molecular flexibility index (Phi) is 7.54. The van der Waals surface area contributed by atoms with Crippen molar-refractivity contribution in [1.29, 1.82) is 0 Å². The molecule has 146 valence electrons. The van der Waals surface area contributed by atoms with Crippen molar-refractivity contribution >= 4 is 14.6 Å². The number of carbonyl (C=O) groups is 1. The van der Waals surface area contributed by atoms with E-state index in [4.69, 9.17) is 4.43 Å². The Bertz CT molecular complexity index is 654. The fraction of sp³-hybridized carbons (Fsp3) is 0.435. The van der Waals surface area contributed by atoms with Gasteiger partial charge in [0.05, 0.1) is 12.6 Å². The Morgan fingerprint density at radius 3 is 1.74 bits per heavy atom. The Morgan fingerprint density at radius 1 is 0.926 bits per heavy atom. The summed E-state index contributed by atoms with van der Waals surface area (Å²) in [6.07, 6.45) is 1.04. The lowest BCUT2D eigenvalue weighted by molar-refractivity contribution is -0.114. The number of hydrogen-bond acceptors (Lipinski definition) is 3. The maximum Gasteiger partial charge on any atom is 0.192 e. The number of nitrogens with zero attached hydrogens (tertiary/aromatic N) is 1. The van der Waals surface area contributed by atoms with Gasteiger partial charge in [0.2, 0.25) is 0 Å². The highest BCUT2D eigenvalue weighted by atomic mass is 28.4. The Hall–Kier alpha value is -1.75. The Morgan fingerprint density at radius 2 is 1.37 bits per heavy atom. The van der Waals surface area contributed by atoms with E-state index in [2.05, 4.69) is 63.0 Å². The van der Waals surface area contributed by atoms with E-state index < -0.39 is 8.32 Å². The van der Waals surface area contributed by atoms with Crippen molar-refractivity contribution in [1.82, 2.24) is 4.90 Å². The molecule has 0 saturated heterocycles. The highest BCUT2D eigenvalue weighted by Gasteiger charge is 2.38. The van der Waals surface area contributed by atoms with Crippen LogP contribution in [-0.2, 0) is 22.3 Å². The van der Waals surface area contributed by atoms with Gasteiger partial charge in [-0.1, -0.05) is 81.4 Å². The third-order valence-electron chi connectivity index (χ3n) is 5.50.